The van der Waals surface area contributed by atoms with Gasteiger partial charge in [-0.3, -0.25) is 0 Å². The Labute approximate surface area is 138 Å². The molecule has 0 aromatic heterocycles. The molecule has 0 radical (unpaired) electrons. The molecule has 2 rings (SSSR count). The maximum Gasteiger partial charge on any atom is 0.150 e. The van der Waals surface area contributed by atoms with E-state index in [1.54, 1.807) is 42.5 Å². The molecule has 1 atom stereocenters. The highest BCUT2D eigenvalue weighted by molar-refractivity contribution is 6.31. The van der Waals surface area contributed by atoms with Crippen LogP contribution in [-0.2, 0) is 0 Å². The summed E-state index contributed by atoms with van der Waals surface area (Å²) in [6.45, 7) is 0.306. The van der Waals surface area contributed by atoms with Crippen molar-refractivity contribution in [2.24, 2.45) is 0 Å². The third-order valence-corrected chi connectivity index (χ3v) is 3.53. The van der Waals surface area contributed by atoms with Crippen LogP contribution in [0.2, 0.25) is 10.0 Å². The molecule has 2 aromatic rings. The Morgan fingerprint density at radius 1 is 1.05 bits per heavy atom. The van der Waals surface area contributed by atoms with Gasteiger partial charge in [-0.05, 0) is 42.5 Å². The van der Waals surface area contributed by atoms with Gasteiger partial charge in [0.25, 0.3) is 0 Å². The van der Waals surface area contributed by atoms with Crippen molar-refractivity contribution >= 4 is 40.5 Å². The van der Waals surface area contributed by atoms with Gasteiger partial charge in [0.2, 0.25) is 0 Å². The fourth-order valence-electron chi connectivity index (χ4n) is 1.64. The second kappa shape index (κ2) is 7.76. The number of nitrogens with one attached hydrogen (secondary N) is 1. The van der Waals surface area contributed by atoms with Gasteiger partial charge in [0.1, 0.15) is 5.75 Å². The maximum absolute atomic E-state index is 9.52. The molecular weight excluding hydrogens is 333 g/mol. The van der Waals surface area contributed by atoms with Crippen molar-refractivity contribution in [3.8, 4) is 11.5 Å². The highest BCUT2D eigenvalue weighted by Gasteiger charge is 2.08. The molecule has 0 bridgehead atoms. The molecule has 3 nitrogen and oxygen atoms in total. The van der Waals surface area contributed by atoms with E-state index in [9.17, 15) is 5.11 Å². The Morgan fingerprint density at radius 2 is 1.71 bits per heavy atom. The number of hydrogen-bond acceptors (Lipinski definition) is 3. The zero-order valence-electron chi connectivity index (χ0n) is 11.0. The van der Waals surface area contributed by atoms with E-state index in [0.717, 1.165) is 0 Å². The summed E-state index contributed by atoms with van der Waals surface area (Å²) >= 11 is 17.4. The standard InChI is InChI=1S/C15H14Cl3NO2/c16-8-12(20)9-19-14-7-11(18)3-6-15(14)21-13-4-1-10(17)2-5-13/h1-7,12,19-20H,8-9H2. The van der Waals surface area contributed by atoms with E-state index >= 15 is 0 Å². The average Bonchev–Trinajstić information content (AvgIpc) is 2.49. The van der Waals surface area contributed by atoms with Crippen LogP contribution in [0.15, 0.2) is 42.5 Å². The Hall–Kier alpha value is -1.13. The number of anilines is 1. The van der Waals surface area contributed by atoms with E-state index in [-0.39, 0.29) is 5.88 Å². The average molecular weight is 347 g/mol. The SMILES string of the molecule is OC(CCl)CNc1cc(Cl)ccc1Oc1ccc(Cl)cc1. The summed E-state index contributed by atoms with van der Waals surface area (Å²) in [5, 5.41) is 13.8. The minimum Gasteiger partial charge on any atom is -0.455 e. The van der Waals surface area contributed by atoms with Gasteiger partial charge < -0.3 is 15.2 Å². The normalized spacial score (nSPS) is 12.0. The Kier molecular flexibility index (Phi) is 6.00. The Morgan fingerprint density at radius 3 is 2.38 bits per heavy atom. The molecule has 0 fully saturated rings. The Bertz CT molecular complexity index is 590. The van der Waals surface area contributed by atoms with Crippen LogP contribution >= 0.6 is 34.8 Å². The van der Waals surface area contributed by atoms with Crippen molar-refractivity contribution in [3.63, 3.8) is 0 Å². The number of ether oxygens (including phenoxy) is 1. The first-order valence-corrected chi connectivity index (χ1v) is 7.58. The molecular formula is C15H14Cl3NO2. The van der Waals surface area contributed by atoms with E-state index in [4.69, 9.17) is 39.5 Å². The van der Waals surface area contributed by atoms with Crippen LogP contribution in [0.1, 0.15) is 0 Å². The van der Waals surface area contributed by atoms with Crippen molar-refractivity contribution in [3.05, 3.63) is 52.5 Å². The van der Waals surface area contributed by atoms with E-state index in [1.807, 2.05) is 0 Å². The van der Waals surface area contributed by atoms with E-state index < -0.39 is 6.10 Å². The molecule has 0 spiro atoms. The van der Waals surface area contributed by atoms with Crippen molar-refractivity contribution in [1.82, 2.24) is 0 Å². The van der Waals surface area contributed by atoms with Crippen molar-refractivity contribution in [1.29, 1.82) is 0 Å². The summed E-state index contributed by atoms with van der Waals surface area (Å²) in [7, 11) is 0. The summed E-state index contributed by atoms with van der Waals surface area (Å²) in [6.07, 6.45) is -0.644. The number of aliphatic hydroxyl groups is 1. The van der Waals surface area contributed by atoms with Gasteiger partial charge in [-0.25, -0.2) is 0 Å². The predicted octanol–water partition coefficient (Wildman–Crippen LogP) is 4.80. The molecule has 0 amide bonds. The fourth-order valence-corrected chi connectivity index (χ4v) is 2.05. The molecule has 0 heterocycles. The van der Waals surface area contributed by atoms with Crippen molar-refractivity contribution in [2.75, 3.05) is 17.7 Å². The Balaban J connectivity index is 2.16. The van der Waals surface area contributed by atoms with E-state index in [1.165, 1.54) is 0 Å². The van der Waals surface area contributed by atoms with Gasteiger partial charge >= 0.3 is 0 Å². The summed E-state index contributed by atoms with van der Waals surface area (Å²) < 4.78 is 5.79. The first-order chi connectivity index (χ1) is 10.1. The highest BCUT2D eigenvalue weighted by Crippen LogP contribution is 2.32. The van der Waals surface area contributed by atoms with Crippen LogP contribution in [-0.4, -0.2) is 23.6 Å². The van der Waals surface area contributed by atoms with Crippen LogP contribution < -0.4 is 10.1 Å². The predicted molar refractivity (Wildman–Crippen MR) is 88.2 cm³/mol. The zero-order valence-corrected chi connectivity index (χ0v) is 13.3. The van der Waals surface area contributed by atoms with Crippen molar-refractivity contribution < 1.29 is 9.84 Å². The lowest BCUT2D eigenvalue weighted by atomic mass is 10.2. The van der Waals surface area contributed by atoms with Gasteiger partial charge in [0.05, 0.1) is 17.7 Å². The number of hydrogen-bond donors (Lipinski definition) is 2. The smallest absolute Gasteiger partial charge is 0.150 e. The quantitative estimate of drug-likeness (QED) is 0.738. The lowest BCUT2D eigenvalue weighted by Gasteiger charge is -2.15. The third kappa shape index (κ3) is 4.97. The summed E-state index contributed by atoms with van der Waals surface area (Å²) in [6, 6.07) is 12.3. The van der Waals surface area contributed by atoms with E-state index in [2.05, 4.69) is 5.32 Å². The molecule has 1 unspecified atom stereocenters. The largest absolute Gasteiger partial charge is 0.455 e. The second-order valence-electron chi connectivity index (χ2n) is 4.39. The van der Waals surface area contributed by atoms with Gasteiger partial charge in [-0.2, -0.15) is 0 Å². The first-order valence-electron chi connectivity index (χ1n) is 6.29. The third-order valence-electron chi connectivity index (χ3n) is 2.69. The maximum atomic E-state index is 9.52. The van der Waals surface area contributed by atoms with Gasteiger partial charge in [0, 0.05) is 16.6 Å². The molecule has 2 aromatic carbocycles. The second-order valence-corrected chi connectivity index (χ2v) is 5.57. The van der Waals surface area contributed by atoms with Gasteiger partial charge in [-0.15, -0.1) is 11.6 Å². The topological polar surface area (TPSA) is 41.5 Å². The number of alkyl halides is 1. The van der Waals surface area contributed by atoms with Gasteiger partial charge in [0.15, 0.2) is 5.75 Å². The lowest BCUT2D eigenvalue weighted by Crippen LogP contribution is -2.20. The van der Waals surface area contributed by atoms with E-state index in [0.29, 0.717) is 33.8 Å². The van der Waals surface area contributed by atoms with Crippen LogP contribution in [0, 0.1) is 0 Å². The monoisotopic (exact) mass is 345 g/mol. The van der Waals surface area contributed by atoms with Crippen LogP contribution in [0.25, 0.3) is 0 Å². The van der Waals surface area contributed by atoms with Crippen LogP contribution in [0.5, 0.6) is 11.5 Å². The zero-order chi connectivity index (χ0) is 15.2. The van der Waals surface area contributed by atoms with Gasteiger partial charge in [-0.1, -0.05) is 23.2 Å². The molecule has 21 heavy (non-hydrogen) atoms. The minimum absolute atomic E-state index is 0.154. The molecule has 0 saturated heterocycles. The molecule has 2 N–H and O–H groups in total. The molecule has 0 aliphatic carbocycles. The number of rotatable bonds is 6. The minimum atomic E-state index is -0.644. The van der Waals surface area contributed by atoms with Crippen molar-refractivity contribution in [2.45, 2.75) is 6.10 Å². The molecule has 0 saturated carbocycles. The fraction of sp³-hybridized carbons (Fsp3) is 0.200. The van der Waals surface area contributed by atoms with Crippen LogP contribution in [0.4, 0.5) is 5.69 Å². The summed E-state index contributed by atoms with van der Waals surface area (Å²) in [5.74, 6) is 1.41. The molecule has 0 aliphatic heterocycles. The molecule has 6 heteroatoms. The summed E-state index contributed by atoms with van der Waals surface area (Å²) in [5.41, 5.74) is 0.682. The highest BCUT2D eigenvalue weighted by atomic mass is 35.5. The summed E-state index contributed by atoms with van der Waals surface area (Å²) in [4.78, 5) is 0. The number of halogens is 3. The first kappa shape index (κ1) is 16.2. The molecule has 112 valence electrons. The lowest BCUT2D eigenvalue weighted by molar-refractivity contribution is 0.211. The van der Waals surface area contributed by atoms with Crippen LogP contribution in [0.3, 0.4) is 0 Å². The molecule has 0 aliphatic rings. The number of benzene rings is 2. The number of aliphatic hydroxyl groups excluding tert-OH is 1.